The molecule has 2 fully saturated rings. The van der Waals surface area contributed by atoms with Crippen LogP contribution in [0.4, 0.5) is 0 Å². The van der Waals surface area contributed by atoms with Crippen LogP contribution in [-0.4, -0.2) is 41.2 Å². The summed E-state index contributed by atoms with van der Waals surface area (Å²) in [6.07, 6.45) is 7.17. The molecule has 3 aliphatic rings. The number of benzene rings is 1. The van der Waals surface area contributed by atoms with Crippen LogP contribution in [0.25, 0.3) is 11.0 Å². The van der Waals surface area contributed by atoms with E-state index >= 15 is 0 Å². The molecule has 0 radical (unpaired) electrons. The minimum absolute atomic E-state index is 0.0440. The summed E-state index contributed by atoms with van der Waals surface area (Å²) < 4.78 is 11.6. The number of aliphatic hydroxyl groups is 1. The van der Waals surface area contributed by atoms with Crippen LogP contribution in [0.5, 0.6) is 5.75 Å². The summed E-state index contributed by atoms with van der Waals surface area (Å²) in [5, 5.41) is 11.7. The highest BCUT2D eigenvalue weighted by molar-refractivity contribution is 5.89. The fourth-order valence-electron chi connectivity index (χ4n) is 5.65. The highest BCUT2D eigenvalue weighted by atomic mass is 16.5. The first-order valence-electron chi connectivity index (χ1n) is 11.2. The molecule has 0 spiro atoms. The van der Waals surface area contributed by atoms with Gasteiger partial charge in [0.15, 0.2) is 6.61 Å². The first-order chi connectivity index (χ1) is 14.4. The van der Waals surface area contributed by atoms with Crippen LogP contribution in [0.15, 0.2) is 21.3 Å². The summed E-state index contributed by atoms with van der Waals surface area (Å²) in [5.41, 5.74) is 2.37. The van der Waals surface area contributed by atoms with Gasteiger partial charge < -0.3 is 19.2 Å². The molecule has 1 saturated carbocycles. The molecule has 2 atom stereocenters. The topological polar surface area (TPSA) is 80.0 Å². The second-order valence-corrected chi connectivity index (χ2v) is 9.26. The molecule has 160 valence electrons. The summed E-state index contributed by atoms with van der Waals surface area (Å²) in [7, 11) is 0. The van der Waals surface area contributed by atoms with Gasteiger partial charge in [0.05, 0.1) is 11.0 Å². The molecule has 1 N–H and O–H groups in total. The number of hydrogen-bond donors (Lipinski definition) is 1. The standard InChI is InChI=1S/C24H29NO5/c1-15-11-19(22-17-6-4-7-18(17)23(27)30-20(22)12-15)29-14-21(26)25-10-9-24(28)8-3-2-5-16(24)13-25/h11-12,16,28H,2-10,13-14H2,1H3/t16-,24-/m1/s1. The minimum atomic E-state index is -0.597. The maximum Gasteiger partial charge on any atom is 0.339 e. The van der Waals surface area contributed by atoms with Crippen molar-refractivity contribution >= 4 is 16.9 Å². The molecule has 30 heavy (non-hydrogen) atoms. The van der Waals surface area contributed by atoms with E-state index in [1.165, 1.54) is 0 Å². The van der Waals surface area contributed by atoms with E-state index in [-0.39, 0.29) is 24.1 Å². The first-order valence-corrected chi connectivity index (χ1v) is 11.2. The van der Waals surface area contributed by atoms with Crippen LogP contribution < -0.4 is 10.4 Å². The summed E-state index contributed by atoms with van der Waals surface area (Å²) in [6.45, 7) is 3.07. The first kappa shape index (κ1) is 19.6. The highest BCUT2D eigenvalue weighted by Gasteiger charge is 2.43. The second-order valence-electron chi connectivity index (χ2n) is 9.26. The molecule has 1 aromatic heterocycles. The van der Waals surface area contributed by atoms with Gasteiger partial charge in [0.25, 0.3) is 5.91 Å². The van der Waals surface area contributed by atoms with Crippen molar-refractivity contribution in [2.75, 3.05) is 19.7 Å². The Bertz CT molecular complexity index is 1060. The van der Waals surface area contributed by atoms with Crippen LogP contribution in [-0.2, 0) is 17.6 Å². The van der Waals surface area contributed by atoms with Crippen molar-refractivity contribution in [3.05, 3.63) is 39.2 Å². The number of piperidine rings is 1. The molecule has 1 aliphatic heterocycles. The maximum atomic E-state index is 12.9. The zero-order valence-corrected chi connectivity index (χ0v) is 17.5. The average Bonchev–Trinajstić information content (AvgIpc) is 3.21. The molecule has 0 bridgehead atoms. The Labute approximate surface area is 175 Å². The van der Waals surface area contributed by atoms with Gasteiger partial charge in [-0.3, -0.25) is 4.79 Å². The molecule has 6 heteroatoms. The van der Waals surface area contributed by atoms with Crippen molar-refractivity contribution in [2.24, 2.45) is 5.92 Å². The summed E-state index contributed by atoms with van der Waals surface area (Å²) in [6, 6.07) is 3.78. The van der Waals surface area contributed by atoms with Gasteiger partial charge in [-0.1, -0.05) is 12.8 Å². The monoisotopic (exact) mass is 411 g/mol. The number of ether oxygens (including phenoxy) is 1. The Balaban J connectivity index is 1.36. The Kier molecular flexibility index (Phi) is 4.85. The smallest absolute Gasteiger partial charge is 0.339 e. The minimum Gasteiger partial charge on any atom is -0.483 e. The molecule has 1 aromatic carbocycles. The summed E-state index contributed by atoms with van der Waals surface area (Å²) >= 11 is 0. The number of likely N-dealkylation sites (tertiary alicyclic amines) is 1. The number of aryl methyl sites for hydroxylation is 2. The van der Waals surface area contributed by atoms with E-state index in [1.807, 2.05) is 24.0 Å². The normalized spacial score (nSPS) is 25.8. The Morgan fingerprint density at radius 1 is 1.23 bits per heavy atom. The fraction of sp³-hybridized carbons (Fsp3) is 0.583. The molecular weight excluding hydrogens is 382 g/mol. The second kappa shape index (κ2) is 7.41. The zero-order chi connectivity index (χ0) is 20.9. The average molecular weight is 411 g/mol. The van der Waals surface area contributed by atoms with E-state index in [0.29, 0.717) is 30.8 Å². The maximum absolute atomic E-state index is 12.9. The van der Waals surface area contributed by atoms with Gasteiger partial charge in [-0.2, -0.15) is 0 Å². The van der Waals surface area contributed by atoms with Gasteiger partial charge in [0.2, 0.25) is 0 Å². The third-order valence-corrected chi connectivity index (χ3v) is 7.31. The number of carbonyl (C=O) groups excluding carboxylic acids is 1. The van der Waals surface area contributed by atoms with Crippen molar-refractivity contribution in [2.45, 2.75) is 63.9 Å². The lowest BCUT2D eigenvalue weighted by molar-refractivity contribution is -0.145. The molecule has 1 saturated heterocycles. The Morgan fingerprint density at radius 2 is 2.07 bits per heavy atom. The van der Waals surface area contributed by atoms with E-state index in [0.717, 1.165) is 67.0 Å². The van der Waals surface area contributed by atoms with Gasteiger partial charge in [-0.05, 0) is 68.7 Å². The van der Waals surface area contributed by atoms with E-state index in [4.69, 9.17) is 9.15 Å². The van der Waals surface area contributed by atoms with E-state index in [1.54, 1.807) is 0 Å². The predicted octanol–water partition coefficient (Wildman–Crippen LogP) is 3.12. The lowest BCUT2D eigenvalue weighted by Gasteiger charge is -2.47. The number of hydrogen-bond acceptors (Lipinski definition) is 5. The van der Waals surface area contributed by atoms with E-state index in [2.05, 4.69) is 0 Å². The Morgan fingerprint density at radius 3 is 2.93 bits per heavy atom. The van der Waals surface area contributed by atoms with E-state index < -0.39 is 5.60 Å². The lowest BCUT2D eigenvalue weighted by atomic mass is 9.71. The molecule has 2 heterocycles. The van der Waals surface area contributed by atoms with E-state index in [9.17, 15) is 14.7 Å². The van der Waals surface area contributed by atoms with Crippen LogP contribution in [0.2, 0.25) is 0 Å². The van der Waals surface area contributed by atoms with Gasteiger partial charge >= 0.3 is 5.63 Å². The summed E-state index contributed by atoms with van der Waals surface area (Å²) in [4.78, 5) is 27.0. The molecule has 5 rings (SSSR count). The van der Waals surface area contributed by atoms with Crippen LogP contribution in [0.3, 0.4) is 0 Å². The number of nitrogens with zero attached hydrogens (tertiary/aromatic N) is 1. The molecule has 1 amide bonds. The fourth-order valence-corrected chi connectivity index (χ4v) is 5.65. The van der Waals surface area contributed by atoms with Gasteiger partial charge in [-0.25, -0.2) is 4.79 Å². The SMILES string of the molecule is Cc1cc(OCC(=O)N2CC[C@]3(O)CCCC[C@@H]3C2)c2c3c(c(=O)oc2c1)CCC3. The van der Waals surface area contributed by atoms with Crippen LogP contribution >= 0.6 is 0 Å². The van der Waals surface area contributed by atoms with Gasteiger partial charge in [0.1, 0.15) is 11.3 Å². The number of amides is 1. The third-order valence-electron chi connectivity index (χ3n) is 7.31. The van der Waals surface area contributed by atoms with Crippen molar-refractivity contribution in [3.63, 3.8) is 0 Å². The number of rotatable bonds is 3. The van der Waals surface area contributed by atoms with Crippen molar-refractivity contribution in [1.82, 2.24) is 4.90 Å². The molecular formula is C24H29NO5. The molecule has 6 nitrogen and oxygen atoms in total. The molecule has 2 aromatic rings. The molecule has 0 unspecified atom stereocenters. The van der Waals surface area contributed by atoms with Crippen LogP contribution in [0, 0.1) is 12.8 Å². The van der Waals surface area contributed by atoms with Crippen LogP contribution in [0.1, 0.15) is 55.2 Å². The number of fused-ring (bicyclic) bond motifs is 4. The van der Waals surface area contributed by atoms with Gasteiger partial charge in [-0.15, -0.1) is 0 Å². The lowest BCUT2D eigenvalue weighted by Crippen LogP contribution is -2.55. The van der Waals surface area contributed by atoms with Crippen molar-refractivity contribution < 1.29 is 19.1 Å². The number of carbonyl (C=O) groups is 1. The predicted molar refractivity (Wildman–Crippen MR) is 113 cm³/mol. The zero-order valence-electron chi connectivity index (χ0n) is 17.5. The van der Waals surface area contributed by atoms with Crippen molar-refractivity contribution in [3.8, 4) is 5.75 Å². The van der Waals surface area contributed by atoms with Gasteiger partial charge in [0, 0.05) is 24.6 Å². The summed E-state index contributed by atoms with van der Waals surface area (Å²) in [5.74, 6) is 0.735. The Hall–Kier alpha value is -2.34. The van der Waals surface area contributed by atoms with Crippen molar-refractivity contribution in [1.29, 1.82) is 0 Å². The quantitative estimate of drug-likeness (QED) is 0.785. The third kappa shape index (κ3) is 3.31. The molecule has 2 aliphatic carbocycles. The highest BCUT2D eigenvalue weighted by Crippen LogP contribution is 2.40. The largest absolute Gasteiger partial charge is 0.483 e.